The highest BCUT2D eigenvalue weighted by Crippen LogP contribution is 2.22. The molecule has 0 spiro atoms. The third-order valence-corrected chi connectivity index (χ3v) is 3.37. The molecule has 1 aliphatic heterocycles. The SMILES string of the molecule is CC(=O)c1ccc(N2CCC(C=O)CC2)cc1. The van der Waals surface area contributed by atoms with Crippen molar-refractivity contribution in [3.63, 3.8) is 0 Å². The summed E-state index contributed by atoms with van der Waals surface area (Å²) in [4.78, 5) is 24.1. The van der Waals surface area contributed by atoms with Gasteiger partial charge >= 0.3 is 0 Å². The number of piperidine rings is 1. The average Bonchev–Trinajstić information content (AvgIpc) is 2.39. The van der Waals surface area contributed by atoms with E-state index in [9.17, 15) is 9.59 Å². The molecule has 90 valence electrons. The second-order valence-electron chi connectivity index (χ2n) is 4.56. The van der Waals surface area contributed by atoms with Crippen LogP contribution in [-0.4, -0.2) is 25.2 Å². The zero-order chi connectivity index (χ0) is 12.3. The van der Waals surface area contributed by atoms with Crippen LogP contribution in [0.4, 0.5) is 5.69 Å². The van der Waals surface area contributed by atoms with Gasteiger partial charge in [-0.25, -0.2) is 0 Å². The minimum absolute atomic E-state index is 0.0937. The molecule has 0 saturated carbocycles. The van der Waals surface area contributed by atoms with Gasteiger partial charge in [0.1, 0.15) is 6.29 Å². The van der Waals surface area contributed by atoms with Crippen LogP contribution in [0.1, 0.15) is 30.1 Å². The molecule has 17 heavy (non-hydrogen) atoms. The standard InChI is InChI=1S/C14H17NO2/c1-11(17)13-2-4-14(5-3-13)15-8-6-12(10-16)7-9-15/h2-5,10,12H,6-9H2,1H3. The highest BCUT2D eigenvalue weighted by molar-refractivity contribution is 5.94. The van der Waals surface area contributed by atoms with Crippen LogP contribution >= 0.6 is 0 Å². The number of hydrogen-bond donors (Lipinski definition) is 0. The minimum atomic E-state index is 0.0937. The average molecular weight is 231 g/mol. The number of carbonyl (C=O) groups is 2. The summed E-state index contributed by atoms with van der Waals surface area (Å²) in [6.45, 7) is 3.41. The number of ketones is 1. The molecule has 1 aromatic rings. The van der Waals surface area contributed by atoms with Gasteiger partial charge in [0.2, 0.25) is 0 Å². The van der Waals surface area contributed by atoms with E-state index in [4.69, 9.17) is 0 Å². The Labute approximate surface area is 101 Å². The third kappa shape index (κ3) is 2.73. The molecule has 1 saturated heterocycles. The summed E-state index contributed by atoms with van der Waals surface area (Å²) in [5.41, 5.74) is 1.89. The lowest BCUT2D eigenvalue weighted by atomic mass is 9.98. The monoisotopic (exact) mass is 231 g/mol. The summed E-state index contributed by atoms with van der Waals surface area (Å²) >= 11 is 0. The van der Waals surface area contributed by atoms with E-state index in [0.29, 0.717) is 0 Å². The molecule has 2 rings (SSSR count). The molecule has 3 nitrogen and oxygen atoms in total. The van der Waals surface area contributed by atoms with Crippen LogP contribution in [-0.2, 0) is 4.79 Å². The van der Waals surface area contributed by atoms with Gasteiger partial charge in [-0.15, -0.1) is 0 Å². The highest BCUT2D eigenvalue weighted by atomic mass is 16.1. The maximum Gasteiger partial charge on any atom is 0.159 e. The van der Waals surface area contributed by atoms with Gasteiger partial charge in [0.25, 0.3) is 0 Å². The second-order valence-corrected chi connectivity index (χ2v) is 4.56. The van der Waals surface area contributed by atoms with Crippen molar-refractivity contribution < 1.29 is 9.59 Å². The lowest BCUT2D eigenvalue weighted by Gasteiger charge is -2.31. The maximum absolute atomic E-state index is 11.2. The first-order valence-electron chi connectivity index (χ1n) is 6.02. The van der Waals surface area contributed by atoms with Gasteiger partial charge in [-0.05, 0) is 44.0 Å². The summed E-state index contributed by atoms with van der Waals surface area (Å²) in [5, 5.41) is 0. The van der Waals surface area contributed by atoms with Crippen LogP contribution in [0.2, 0.25) is 0 Å². The fourth-order valence-electron chi connectivity index (χ4n) is 2.20. The number of hydrogen-bond acceptors (Lipinski definition) is 3. The number of nitrogens with zero attached hydrogens (tertiary/aromatic N) is 1. The van der Waals surface area contributed by atoms with E-state index in [-0.39, 0.29) is 11.7 Å². The van der Waals surface area contributed by atoms with Crippen molar-refractivity contribution in [2.75, 3.05) is 18.0 Å². The summed E-state index contributed by atoms with van der Waals surface area (Å²) in [7, 11) is 0. The van der Waals surface area contributed by atoms with Crippen molar-refractivity contribution in [2.24, 2.45) is 5.92 Å². The Kier molecular flexibility index (Phi) is 3.57. The summed E-state index contributed by atoms with van der Waals surface area (Å²) < 4.78 is 0. The molecule has 0 unspecified atom stereocenters. The Bertz CT molecular complexity index is 403. The largest absolute Gasteiger partial charge is 0.371 e. The molecule has 0 radical (unpaired) electrons. The zero-order valence-electron chi connectivity index (χ0n) is 10.1. The van der Waals surface area contributed by atoms with E-state index < -0.39 is 0 Å². The predicted octanol–water partition coefficient (Wildman–Crippen LogP) is 2.30. The molecule has 1 fully saturated rings. The number of carbonyl (C=O) groups excluding carboxylic acids is 2. The first-order chi connectivity index (χ1) is 8.20. The van der Waals surface area contributed by atoms with Crippen molar-refractivity contribution in [2.45, 2.75) is 19.8 Å². The van der Waals surface area contributed by atoms with Gasteiger partial charge < -0.3 is 9.69 Å². The normalized spacial score (nSPS) is 16.9. The van der Waals surface area contributed by atoms with Crippen LogP contribution in [0.25, 0.3) is 0 Å². The van der Waals surface area contributed by atoms with Crippen molar-refractivity contribution >= 4 is 17.8 Å². The topological polar surface area (TPSA) is 37.4 Å². The van der Waals surface area contributed by atoms with Crippen molar-refractivity contribution in [3.8, 4) is 0 Å². The van der Waals surface area contributed by atoms with E-state index >= 15 is 0 Å². The Morgan fingerprint density at radius 2 is 1.82 bits per heavy atom. The van der Waals surface area contributed by atoms with Crippen molar-refractivity contribution in [1.29, 1.82) is 0 Å². The number of Topliss-reactive ketones (excluding diaryl/α,β-unsaturated/α-hetero) is 1. The number of rotatable bonds is 3. The van der Waals surface area contributed by atoms with Gasteiger partial charge in [-0.3, -0.25) is 4.79 Å². The van der Waals surface area contributed by atoms with E-state index in [1.165, 1.54) is 0 Å². The molecule has 1 aromatic carbocycles. The van der Waals surface area contributed by atoms with Crippen LogP contribution in [0, 0.1) is 5.92 Å². The number of benzene rings is 1. The van der Waals surface area contributed by atoms with Gasteiger partial charge in [-0.1, -0.05) is 0 Å². The third-order valence-electron chi connectivity index (χ3n) is 3.37. The zero-order valence-corrected chi connectivity index (χ0v) is 10.1. The van der Waals surface area contributed by atoms with Crippen molar-refractivity contribution in [3.05, 3.63) is 29.8 Å². The molecule has 0 aliphatic carbocycles. The Morgan fingerprint density at radius 1 is 1.24 bits per heavy atom. The van der Waals surface area contributed by atoms with E-state index in [2.05, 4.69) is 4.90 Å². The first-order valence-corrected chi connectivity index (χ1v) is 6.02. The molecule has 0 amide bonds. The molecule has 0 atom stereocenters. The van der Waals surface area contributed by atoms with Crippen LogP contribution in [0.15, 0.2) is 24.3 Å². The Hall–Kier alpha value is -1.64. The van der Waals surface area contributed by atoms with E-state index in [1.807, 2.05) is 24.3 Å². The Balaban J connectivity index is 2.03. The molecule has 0 N–H and O–H groups in total. The fourth-order valence-corrected chi connectivity index (χ4v) is 2.20. The molecular weight excluding hydrogens is 214 g/mol. The van der Waals surface area contributed by atoms with Gasteiger partial charge in [0.15, 0.2) is 5.78 Å². The highest BCUT2D eigenvalue weighted by Gasteiger charge is 2.18. The summed E-state index contributed by atoms with van der Waals surface area (Å²) in [5.74, 6) is 0.318. The Morgan fingerprint density at radius 3 is 2.29 bits per heavy atom. The molecule has 0 bridgehead atoms. The molecule has 1 aliphatic rings. The lowest BCUT2D eigenvalue weighted by molar-refractivity contribution is -0.111. The van der Waals surface area contributed by atoms with Crippen LogP contribution in [0.5, 0.6) is 0 Å². The smallest absolute Gasteiger partial charge is 0.159 e. The predicted molar refractivity (Wildman–Crippen MR) is 67.4 cm³/mol. The van der Waals surface area contributed by atoms with Gasteiger partial charge in [-0.2, -0.15) is 0 Å². The first kappa shape index (κ1) is 11.8. The van der Waals surface area contributed by atoms with E-state index in [0.717, 1.165) is 43.5 Å². The number of anilines is 1. The van der Waals surface area contributed by atoms with Crippen LogP contribution in [0.3, 0.4) is 0 Å². The molecule has 3 heteroatoms. The lowest BCUT2D eigenvalue weighted by Crippen LogP contribution is -2.34. The molecular formula is C14H17NO2. The quantitative estimate of drug-likeness (QED) is 0.591. The minimum Gasteiger partial charge on any atom is -0.371 e. The van der Waals surface area contributed by atoms with Crippen molar-refractivity contribution in [1.82, 2.24) is 0 Å². The summed E-state index contributed by atoms with van der Waals surface area (Å²) in [6, 6.07) is 7.70. The van der Waals surface area contributed by atoms with Gasteiger partial charge in [0, 0.05) is 30.3 Å². The van der Waals surface area contributed by atoms with Crippen LogP contribution < -0.4 is 4.90 Å². The van der Waals surface area contributed by atoms with Gasteiger partial charge in [0.05, 0.1) is 0 Å². The molecule has 0 aromatic heterocycles. The second kappa shape index (κ2) is 5.13. The van der Waals surface area contributed by atoms with E-state index in [1.54, 1.807) is 6.92 Å². The fraction of sp³-hybridized carbons (Fsp3) is 0.429. The maximum atomic E-state index is 11.2. The molecule has 1 heterocycles. The number of aldehydes is 1. The summed E-state index contributed by atoms with van der Waals surface area (Å²) in [6.07, 6.45) is 2.92.